The van der Waals surface area contributed by atoms with Crippen LogP contribution in [0.3, 0.4) is 0 Å². The first-order valence-electron chi connectivity index (χ1n) is 6.30. The molecule has 0 bridgehead atoms. The number of amides is 1. The summed E-state index contributed by atoms with van der Waals surface area (Å²) in [5, 5.41) is 0. The molecule has 0 atom stereocenters. The van der Waals surface area contributed by atoms with E-state index in [0.717, 1.165) is 6.42 Å². The van der Waals surface area contributed by atoms with Crippen molar-refractivity contribution in [2.45, 2.75) is 19.8 Å². The number of ether oxygens (including phenoxy) is 1. The molecule has 1 rings (SSSR count). The van der Waals surface area contributed by atoms with Gasteiger partial charge in [-0.3, -0.25) is 4.79 Å². The molecular formula is C14H20N2O2S. The summed E-state index contributed by atoms with van der Waals surface area (Å²) in [6.45, 7) is 3.25. The van der Waals surface area contributed by atoms with Gasteiger partial charge < -0.3 is 15.4 Å². The van der Waals surface area contributed by atoms with Gasteiger partial charge in [-0.25, -0.2) is 0 Å². The van der Waals surface area contributed by atoms with Crippen molar-refractivity contribution in [2.75, 3.05) is 20.2 Å². The van der Waals surface area contributed by atoms with Crippen LogP contribution in [0, 0.1) is 0 Å². The zero-order chi connectivity index (χ0) is 14.3. The fourth-order valence-corrected chi connectivity index (χ4v) is 1.91. The van der Waals surface area contributed by atoms with Crippen molar-refractivity contribution >= 4 is 23.1 Å². The summed E-state index contributed by atoms with van der Waals surface area (Å²) in [5.41, 5.74) is 6.07. The van der Waals surface area contributed by atoms with Gasteiger partial charge in [0.25, 0.3) is 5.91 Å². The molecule has 1 aromatic rings. The van der Waals surface area contributed by atoms with Crippen LogP contribution in [0.1, 0.15) is 30.1 Å². The summed E-state index contributed by atoms with van der Waals surface area (Å²) in [5.74, 6) is 0.541. The first kappa shape index (κ1) is 15.4. The zero-order valence-corrected chi connectivity index (χ0v) is 12.2. The number of carbonyl (C=O) groups excluding carboxylic acids is 1. The third kappa shape index (κ3) is 4.52. The molecule has 0 heterocycles. The number of hydrogen-bond donors (Lipinski definition) is 1. The Morgan fingerprint density at radius 1 is 1.37 bits per heavy atom. The Labute approximate surface area is 119 Å². The van der Waals surface area contributed by atoms with Crippen molar-refractivity contribution < 1.29 is 9.53 Å². The fraction of sp³-hybridized carbons (Fsp3) is 0.429. The van der Waals surface area contributed by atoms with E-state index in [1.807, 2.05) is 19.1 Å². The third-order valence-corrected chi connectivity index (χ3v) is 2.95. The van der Waals surface area contributed by atoms with Gasteiger partial charge >= 0.3 is 0 Å². The lowest BCUT2D eigenvalue weighted by Gasteiger charge is -2.22. The fourth-order valence-electron chi connectivity index (χ4n) is 1.82. The predicted molar refractivity (Wildman–Crippen MR) is 80.6 cm³/mol. The second kappa shape index (κ2) is 7.74. The standard InChI is InChI=1S/C14H20N2O2S/c1-3-9-16(10-8-13(15)19)14(17)11-6-4-5-7-12(11)18-2/h4-7H,3,8-10H2,1-2H3,(H2,15,19). The van der Waals surface area contributed by atoms with Crippen LogP contribution in [0.5, 0.6) is 5.75 Å². The summed E-state index contributed by atoms with van der Waals surface area (Å²) in [6.07, 6.45) is 1.43. The SMILES string of the molecule is CCCN(CCC(N)=S)C(=O)c1ccccc1OC. The lowest BCUT2D eigenvalue weighted by atomic mass is 10.1. The summed E-state index contributed by atoms with van der Waals surface area (Å²) in [6, 6.07) is 7.22. The average molecular weight is 280 g/mol. The van der Waals surface area contributed by atoms with Gasteiger partial charge in [0.2, 0.25) is 0 Å². The van der Waals surface area contributed by atoms with Gasteiger partial charge in [0.1, 0.15) is 5.75 Å². The highest BCUT2D eigenvalue weighted by Crippen LogP contribution is 2.19. The minimum Gasteiger partial charge on any atom is -0.496 e. The van der Waals surface area contributed by atoms with Crippen LogP contribution in [0.4, 0.5) is 0 Å². The van der Waals surface area contributed by atoms with E-state index < -0.39 is 0 Å². The van der Waals surface area contributed by atoms with Crippen LogP contribution in [0.2, 0.25) is 0 Å². The number of carbonyl (C=O) groups is 1. The van der Waals surface area contributed by atoms with E-state index >= 15 is 0 Å². The van der Waals surface area contributed by atoms with Crippen molar-refractivity contribution in [3.05, 3.63) is 29.8 Å². The van der Waals surface area contributed by atoms with Crippen molar-refractivity contribution in [2.24, 2.45) is 5.73 Å². The van der Waals surface area contributed by atoms with Gasteiger partial charge in [0, 0.05) is 19.5 Å². The van der Waals surface area contributed by atoms with Crippen LogP contribution in [0.15, 0.2) is 24.3 Å². The molecule has 0 fully saturated rings. The molecule has 0 saturated heterocycles. The lowest BCUT2D eigenvalue weighted by Crippen LogP contribution is -2.34. The van der Waals surface area contributed by atoms with Gasteiger partial charge in [0.15, 0.2) is 0 Å². The van der Waals surface area contributed by atoms with E-state index in [-0.39, 0.29) is 5.91 Å². The van der Waals surface area contributed by atoms with Gasteiger partial charge in [-0.2, -0.15) is 0 Å². The van der Waals surface area contributed by atoms with Crippen LogP contribution < -0.4 is 10.5 Å². The van der Waals surface area contributed by atoms with Gasteiger partial charge in [-0.1, -0.05) is 31.3 Å². The monoisotopic (exact) mass is 280 g/mol. The van der Waals surface area contributed by atoms with Crippen LogP contribution >= 0.6 is 12.2 Å². The quantitative estimate of drug-likeness (QED) is 0.778. The Kier molecular flexibility index (Phi) is 6.29. The summed E-state index contributed by atoms with van der Waals surface area (Å²) in [7, 11) is 1.56. The normalized spacial score (nSPS) is 10.0. The molecule has 0 aliphatic heterocycles. The molecule has 4 nitrogen and oxygen atoms in total. The molecule has 1 aromatic carbocycles. The van der Waals surface area contributed by atoms with Crippen molar-refractivity contribution in [3.8, 4) is 5.75 Å². The number of methoxy groups -OCH3 is 1. The van der Waals surface area contributed by atoms with Crippen molar-refractivity contribution in [1.82, 2.24) is 4.90 Å². The topological polar surface area (TPSA) is 55.6 Å². The van der Waals surface area contributed by atoms with Crippen molar-refractivity contribution in [3.63, 3.8) is 0 Å². The summed E-state index contributed by atoms with van der Waals surface area (Å²) < 4.78 is 5.22. The van der Waals surface area contributed by atoms with E-state index in [1.165, 1.54) is 0 Å². The Morgan fingerprint density at radius 2 is 2.05 bits per heavy atom. The van der Waals surface area contributed by atoms with Crippen LogP contribution in [0.25, 0.3) is 0 Å². The number of benzene rings is 1. The van der Waals surface area contributed by atoms with Gasteiger partial charge in [-0.15, -0.1) is 0 Å². The van der Waals surface area contributed by atoms with E-state index in [2.05, 4.69) is 0 Å². The van der Waals surface area contributed by atoms with E-state index in [4.69, 9.17) is 22.7 Å². The molecule has 0 aromatic heterocycles. The molecule has 0 saturated carbocycles. The number of hydrogen-bond acceptors (Lipinski definition) is 3. The maximum Gasteiger partial charge on any atom is 0.257 e. The smallest absolute Gasteiger partial charge is 0.257 e. The molecule has 2 N–H and O–H groups in total. The Bertz CT molecular complexity index is 449. The Morgan fingerprint density at radius 3 is 2.63 bits per heavy atom. The minimum atomic E-state index is -0.0458. The van der Waals surface area contributed by atoms with Gasteiger partial charge in [-0.05, 0) is 18.6 Å². The zero-order valence-electron chi connectivity index (χ0n) is 11.4. The van der Waals surface area contributed by atoms with Gasteiger partial charge in [0.05, 0.1) is 17.7 Å². The molecule has 0 unspecified atom stereocenters. The summed E-state index contributed by atoms with van der Waals surface area (Å²) in [4.78, 5) is 14.7. The highest BCUT2D eigenvalue weighted by molar-refractivity contribution is 7.80. The number of nitrogens with zero attached hydrogens (tertiary/aromatic N) is 1. The number of para-hydroxylation sites is 1. The first-order chi connectivity index (χ1) is 9.10. The molecule has 0 spiro atoms. The van der Waals surface area contributed by atoms with Crippen LogP contribution in [-0.2, 0) is 0 Å². The first-order valence-corrected chi connectivity index (χ1v) is 6.71. The Balaban J connectivity index is 2.88. The largest absolute Gasteiger partial charge is 0.496 e. The molecule has 1 amide bonds. The third-order valence-electron chi connectivity index (χ3n) is 2.75. The molecule has 104 valence electrons. The molecule has 0 aliphatic rings. The second-order valence-electron chi connectivity index (χ2n) is 4.21. The van der Waals surface area contributed by atoms with Crippen molar-refractivity contribution in [1.29, 1.82) is 0 Å². The summed E-state index contributed by atoms with van der Waals surface area (Å²) >= 11 is 4.87. The maximum atomic E-state index is 12.5. The number of thiocarbonyl (C=S) groups is 1. The van der Waals surface area contributed by atoms with E-state index in [0.29, 0.717) is 35.8 Å². The maximum absolute atomic E-state index is 12.5. The molecule has 0 radical (unpaired) electrons. The highest BCUT2D eigenvalue weighted by atomic mass is 32.1. The number of rotatable bonds is 7. The average Bonchev–Trinajstić information content (AvgIpc) is 2.42. The molecule has 5 heteroatoms. The highest BCUT2D eigenvalue weighted by Gasteiger charge is 2.18. The molecule has 0 aliphatic carbocycles. The molecular weight excluding hydrogens is 260 g/mol. The van der Waals surface area contributed by atoms with E-state index in [9.17, 15) is 4.79 Å². The second-order valence-corrected chi connectivity index (χ2v) is 4.73. The van der Waals surface area contributed by atoms with Crippen LogP contribution in [-0.4, -0.2) is 36.0 Å². The lowest BCUT2D eigenvalue weighted by molar-refractivity contribution is 0.0757. The minimum absolute atomic E-state index is 0.0458. The Hall–Kier alpha value is -1.62. The number of nitrogens with two attached hydrogens (primary N) is 1. The van der Waals surface area contributed by atoms with E-state index in [1.54, 1.807) is 24.1 Å². The predicted octanol–water partition coefficient (Wildman–Crippen LogP) is 2.22. The molecule has 19 heavy (non-hydrogen) atoms.